The summed E-state index contributed by atoms with van der Waals surface area (Å²) in [5, 5.41) is 6.95. The van der Waals surface area contributed by atoms with Crippen LogP contribution in [-0.2, 0) is 16.1 Å². The highest BCUT2D eigenvalue weighted by Gasteiger charge is 2.32. The van der Waals surface area contributed by atoms with Crippen molar-refractivity contribution < 1.29 is 14.1 Å². The van der Waals surface area contributed by atoms with E-state index in [4.69, 9.17) is 15.0 Å². The maximum Gasteiger partial charge on any atom is 0.223 e. The molecule has 0 saturated heterocycles. The summed E-state index contributed by atoms with van der Waals surface area (Å²) in [4.78, 5) is 16.8. The number of nitrogens with two attached hydrogens (primary N) is 1. The molecule has 0 radical (unpaired) electrons. The SMILES string of the molecule is CCCO[C@@H]1C[C@@H](C(=O)NCc2ccc(-c3noc(C)n3)cc2)CC[C@H]1N.Cl. The Kier molecular flexibility index (Phi) is 8.41. The number of carbonyl (C=O) groups excluding carboxylic acids is 1. The van der Waals surface area contributed by atoms with Gasteiger partial charge in [0.25, 0.3) is 0 Å². The quantitative estimate of drug-likeness (QED) is 0.729. The van der Waals surface area contributed by atoms with Gasteiger partial charge in [0, 0.05) is 37.6 Å². The lowest BCUT2D eigenvalue weighted by Crippen LogP contribution is -2.45. The Morgan fingerprint density at radius 2 is 2.07 bits per heavy atom. The van der Waals surface area contributed by atoms with Crippen LogP contribution in [0.1, 0.15) is 44.1 Å². The van der Waals surface area contributed by atoms with E-state index in [1.54, 1.807) is 6.92 Å². The van der Waals surface area contributed by atoms with Crippen LogP contribution in [0.25, 0.3) is 11.4 Å². The monoisotopic (exact) mass is 408 g/mol. The van der Waals surface area contributed by atoms with Crippen LogP contribution in [0.2, 0.25) is 0 Å². The summed E-state index contributed by atoms with van der Waals surface area (Å²) in [7, 11) is 0. The second-order valence-corrected chi connectivity index (χ2v) is 7.13. The van der Waals surface area contributed by atoms with Gasteiger partial charge in [0.05, 0.1) is 6.10 Å². The zero-order chi connectivity index (χ0) is 19.2. The van der Waals surface area contributed by atoms with Crippen molar-refractivity contribution in [3.05, 3.63) is 35.7 Å². The highest BCUT2D eigenvalue weighted by Crippen LogP contribution is 2.26. The molecule has 3 atom stereocenters. The maximum atomic E-state index is 12.5. The van der Waals surface area contributed by atoms with E-state index >= 15 is 0 Å². The standard InChI is InChI=1S/C20H28N4O3.ClH/c1-3-10-26-18-11-16(8-9-17(18)21)20(25)22-12-14-4-6-15(7-5-14)19-23-13(2)27-24-19;/h4-7,16-18H,3,8-12,21H2,1-2H3,(H,22,25);1H/t16-,17+,18+;/m0./s1. The summed E-state index contributed by atoms with van der Waals surface area (Å²) in [6, 6.07) is 7.82. The predicted octanol–water partition coefficient (Wildman–Crippen LogP) is 3.01. The maximum absolute atomic E-state index is 12.5. The minimum absolute atomic E-state index is 0. The number of hydrogen-bond acceptors (Lipinski definition) is 6. The third-order valence-corrected chi connectivity index (χ3v) is 4.96. The van der Waals surface area contributed by atoms with Crippen molar-refractivity contribution in [2.75, 3.05) is 6.61 Å². The number of halogens is 1. The van der Waals surface area contributed by atoms with Crippen molar-refractivity contribution in [2.45, 2.75) is 58.2 Å². The molecule has 2 aromatic rings. The lowest BCUT2D eigenvalue weighted by atomic mass is 9.83. The van der Waals surface area contributed by atoms with Crippen LogP contribution >= 0.6 is 12.4 Å². The average Bonchev–Trinajstić information content (AvgIpc) is 3.12. The first-order chi connectivity index (χ1) is 13.1. The predicted molar refractivity (Wildman–Crippen MR) is 109 cm³/mol. The molecule has 1 saturated carbocycles. The summed E-state index contributed by atoms with van der Waals surface area (Å²) in [5.41, 5.74) is 8.05. The molecule has 154 valence electrons. The van der Waals surface area contributed by atoms with Gasteiger partial charge in [-0.3, -0.25) is 4.79 Å². The van der Waals surface area contributed by atoms with Gasteiger partial charge in [-0.2, -0.15) is 4.98 Å². The first kappa shape index (κ1) is 22.3. The summed E-state index contributed by atoms with van der Waals surface area (Å²) >= 11 is 0. The Labute approximate surface area is 171 Å². The van der Waals surface area contributed by atoms with E-state index in [9.17, 15) is 4.79 Å². The number of aryl methyl sites for hydroxylation is 1. The number of amides is 1. The van der Waals surface area contributed by atoms with Crippen molar-refractivity contribution in [3.8, 4) is 11.4 Å². The smallest absolute Gasteiger partial charge is 0.223 e. The van der Waals surface area contributed by atoms with Gasteiger partial charge < -0.3 is 20.3 Å². The molecular weight excluding hydrogens is 380 g/mol. The molecule has 3 rings (SSSR count). The van der Waals surface area contributed by atoms with E-state index in [-0.39, 0.29) is 36.4 Å². The fourth-order valence-corrected chi connectivity index (χ4v) is 3.37. The van der Waals surface area contributed by atoms with Crippen LogP contribution in [-0.4, -0.2) is 34.8 Å². The number of nitrogens with one attached hydrogen (secondary N) is 1. The number of hydrogen-bond donors (Lipinski definition) is 2. The molecule has 1 fully saturated rings. The van der Waals surface area contributed by atoms with Gasteiger partial charge in [0.2, 0.25) is 17.6 Å². The number of aromatic nitrogens is 2. The zero-order valence-electron chi connectivity index (χ0n) is 16.4. The molecule has 3 N–H and O–H groups in total. The molecule has 1 aromatic carbocycles. The first-order valence-electron chi connectivity index (χ1n) is 9.61. The second kappa shape index (κ2) is 10.5. The van der Waals surface area contributed by atoms with Crippen molar-refractivity contribution >= 4 is 18.3 Å². The molecule has 7 nitrogen and oxygen atoms in total. The Balaban J connectivity index is 0.00000280. The van der Waals surface area contributed by atoms with Gasteiger partial charge in [0.15, 0.2) is 0 Å². The van der Waals surface area contributed by atoms with Gasteiger partial charge in [-0.25, -0.2) is 0 Å². The topological polar surface area (TPSA) is 103 Å². The average molecular weight is 409 g/mol. The van der Waals surface area contributed by atoms with Crippen LogP contribution in [0, 0.1) is 12.8 Å². The van der Waals surface area contributed by atoms with E-state index in [2.05, 4.69) is 22.4 Å². The summed E-state index contributed by atoms with van der Waals surface area (Å²) < 4.78 is 10.8. The normalized spacial score (nSPS) is 21.8. The minimum Gasteiger partial charge on any atom is -0.377 e. The molecule has 1 aliphatic rings. The lowest BCUT2D eigenvalue weighted by molar-refractivity contribution is -0.128. The van der Waals surface area contributed by atoms with Crippen molar-refractivity contribution in [2.24, 2.45) is 11.7 Å². The van der Waals surface area contributed by atoms with Crippen LogP contribution in [0.5, 0.6) is 0 Å². The Morgan fingerprint density at radius 3 is 2.71 bits per heavy atom. The Bertz CT molecular complexity index is 750. The molecule has 1 heterocycles. The molecule has 0 aliphatic heterocycles. The Morgan fingerprint density at radius 1 is 1.32 bits per heavy atom. The van der Waals surface area contributed by atoms with Gasteiger partial charge in [0.1, 0.15) is 0 Å². The summed E-state index contributed by atoms with van der Waals surface area (Å²) in [5.74, 6) is 1.15. The van der Waals surface area contributed by atoms with E-state index in [0.29, 0.717) is 31.3 Å². The summed E-state index contributed by atoms with van der Waals surface area (Å²) in [6.07, 6.45) is 3.27. The number of carbonyl (C=O) groups is 1. The molecule has 8 heteroatoms. The van der Waals surface area contributed by atoms with Crippen LogP contribution in [0.4, 0.5) is 0 Å². The summed E-state index contributed by atoms with van der Waals surface area (Å²) in [6.45, 7) is 5.02. The third-order valence-electron chi connectivity index (χ3n) is 4.96. The van der Waals surface area contributed by atoms with Crippen molar-refractivity contribution in [1.29, 1.82) is 0 Å². The first-order valence-corrected chi connectivity index (χ1v) is 9.61. The zero-order valence-corrected chi connectivity index (χ0v) is 17.2. The van der Waals surface area contributed by atoms with Crippen molar-refractivity contribution in [1.82, 2.24) is 15.5 Å². The molecule has 0 spiro atoms. The number of nitrogens with zero attached hydrogens (tertiary/aromatic N) is 2. The lowest BCUT2D eigenvalue weighted by Gasteiger charge is -2.33. The minimum atomic E-state index is -0.0340. The number of benzene rings is 1. The fourth-order valence-electron chi connectivity index (χ4n) is 3.37. The third kappa shape index (κ3) is 5.77. The van der Waals surface area contributed by atoms with Crippen LogP contribution in [0.15, 0.2) is 28.8 Å². The second-order valence-electron chi connectivity index (χ2n) is 7.13. The van der Waals surface area contributed by atoms with Gasteiger partial charge >= 0.3 is 0 Å². The van der Waals surface area contributed by atoms with Gasteiger partial charge in [-0.05, 0) is 31.2 Å². The van der Waals surface area contributed by atoms with E-state index < -0.39 is 0 Å². The van der Waals surface area contributed by atoms with Gasteiger partial charge in [-0.1, -0.05) is 36.3 Å². The van der Waals surface area contributed by atoms with E-state index in [1.165, 1.54) is 0 Å². The molecule has 1 amide bonds. The largest absolute Gasteiger partial charge is 0.377 e. The molecule has 28 heavy (non-hydrogen) atoms. The molecule has 0 bridgehead atoms. The number of rotatable bonds is 7. The number of ether oxygens (including phenoxy) is 1. The van der Waals surface area contributed by atoms with Crippen molar-refractivity contribution in [3.63, 3.8) is 0 Å². The fraction of sp³-hybridized carbons (Fsp3) is 0.550. The van der Waals surface area contributed by atoms with Crippen LogP contribution < -0.4 is 11.1 Å². The molecular formula is C20H29ClN4O3. The molecule has 1 aliphatic carbocycles. The van der Waals surface area contributed by atoms with Gasteiger partial charge in [-0.15, -0.1) is 12.4 Å². The highest BCUT2D eigenvalue weighted by atomic mass is 35.5. The molecule has 0 unspecified atom stereocenters. The van der Waals surface area contributed by atoms with E-state index in [1.807, 2.05) is 24.3 Å². The van der Waals surface area contributed by atoms with E-state index in [0.717, 1.165) is 30.4 Å². The van der Waals surface area contributed by atoms with Crippen LogP contribution in [0.3, 0.4) is 0 Å². The molecule has 1 aromatic heterocycles. The highest BCUT2D eigenvalue weighted by molar-refractivity contribution is 5.85. The Hall–Kier alpha value is -1.96.